The molecule has 1 rings (SSSR count). The van der Waals surface area contributed by atoms with E-state index in [2.05, 4.69) is 11.9 Å². The summed E-state index contributed by atoms with van der Waals surface area (Å²) < 4.78 is 0. The SMILES string of the molecule is [C]1CCC[N]1. The number of hydrogen-bond acceptors (Lipinski definition) is 0. The van der Waals surface area contributed by atoms with Crippen LogP contribution in [0.3, 0.4) is 0 Å². The Kier molecular flexibility index (Phi) is 0.892. The fraction of sp³-hybridized carbons (Fsp3) is 0.750. The molecule has 5 heavy (non-hydrogen) atoms. The molecule has 0 aromatic rings. The van der Waals surface area contributed by atoms with Gasteiger partial charge in [-0.1, -0.05) is 0 Å². The maximum absolute atomic E-state index is 3.83. The van der Waals surface area contributed by atoms with Crippen LogP contribution < -0.4 is 5.32 Å². The van der Waals surface area contributed by atoms with Crippen LogP contribution in [0.25, 0.3) is 0 Å². The molecule has 0 bridgehead atoms. The van der Waals surface area contributed by atoms with Gasteiger partial charge in [-0.05, 0) is 12.8 Å². The molecule has 0 atom stereocenters. The molecule has 0 aromatic heterocycles. The largest absolute Gasteiger partial charge is 0.231 e. The standard InChI is InChI=1S/C4H6N/c1-2-4-5-3-1/h1-3H2. The lowest BCUT2D eigenvalue weighted by atomic mass is 10.4. The molecule has 0 spiro atoms. The second-order valence-corrected chi connectivity index (χ2v) is 1.14. The minimum absolute atomic E-state index is 1.01. The van der Waals surface area contributed by atoms with E-state index in [-0.39, 0.29) is 0 Å². The maximum Gasteiger partial charge on any atom is 0.0789 e. The van der Waals surface area contributed by atoms with Crippen LogP contribution in [0.15, 0.2) is 0 Å². The molecule has 0 aliphatic carbocycles. The Hall–Kier alpha value is -0.0400. The Morgan fingerprint density at radius 1 is 1.60 bits per heavy atom. The number of rotatable bonds is 0. The Morgan fingerprint density at radius 2 is 2.60 bits per heavy atom. The van der Waals surface area contributed by atoms with Gasteiger partial charge >= 0.3 is 0 Å². The van der Waals surface area contributed by atoms with E-state index in [1.54, 1.807) is 0 Å². The smallest absolute Gasteiger partial charge is 0.0789 e. The molecule has 1 saturated heterocycles. The normalized spacial score (nSPS) is 24.0. The lowest BCUT2D eigenvalue weighted by molar-refractivity contribution is 0.888. The highest BCUT2D eigenvalue weighted by Crippen LogP contribution is 1.97. The van der Waals surface area contributed by atoms with Crippen LogP contribution >= 0.6 is 0 Å². The first-order valence-corrected chi connectivity index (χ1v) is 1.89. The van der Waals surface area contributed by atoms with Gasteiger partial charge in [-0.2, -0.15) is 0 Å². The van der Waals surface area contributed by atoms with Crippen molar-refractivity contribution in [1.29, 1.82) is 0 Å². The molecule has 3 radical (unpaired) electrons. The van der Waals surface area contributed by atoms with Crippen molar-refractivity contribution in [3.05, 3.63) is 6.54 Å². The Balaban J connectivity index is 2.08. The first-order chi connectivity index (χ1) is 2.50. The lowest BCUT2D eigenvalue weighted by Crippen LogP contribution is -1.86. The van der Waals surface area contributed by atoms with E-state index in [0.29, 0.717) is 0 Å². The molecule has 1 aliphatic heterocycles. The van der Waals surface area contributed by atoms with Gasteiger partial charge in [0, 0.05) is 6.54 Å². The fourth-order valence-electron chi connectivity index (χ4n) is 0.395. The molecule has 0 N–H and O–H groups in total. The van der Waals surface area contributed by atoms with Gasteiger partial charge < -0.3 is 0 Å². The minimum atomic E-state index is 1.01. The summed E-state index contributed by atoms with van der Waals surface area (Å²) in [5, 5.41) is 3.83. The Labute approximate surface area is 32.4 Å². The second-order valence-electron chi connectivity index (χ2n) is 1.14. The van der Waals surface area contributed by atoms with Crippen LogP contribution in [0.2, 0.25) is 0 Å². The molecule has 1 heteroatoms. The molecule has 1 aliphatic rings. The van der Waals surface area contributed by atoms with Gasteiger partial charge in [0.05, 0.1) is 6.54 Å². The molecule has 1 fully saturated rings. The van der Waals surface area contributed by atoms with E-state index >= 15 is 0 Å². The molecular weight excluding hydrogens is 62.1 g/mol. The molecular formula is C4H6N. The Morgan fingerprint density at radius 3 is 2.80 bits per heavy atom. The van der Waals surface area contributed by atoms with Gasteiger partial charge in [0.25, 0.3) is 0 Å². The third kappa shape index (κ3) is 0.618. The molecule has 0 saturated carbocycles. The molecule has 0 aromatic carbocycles. The summed E-state index contributed by atoms with van der Waals surface area (Å²) >= 11 is 0. The van der Waals surface area contributed by atoms with E-state index in [9.17, 15) is 0 Å². The van der Waals surface area contributed by atoms with Crippen LogP contribution in [-0.2, 0) is 0 Å². The molecule has 1 nitrogen and oxygen atoms in total. The first kappa shape index (κ1) is 3.16. The predicted octanol–water partition coefficient (Wildman–Crippen LogP) is 0.423. The number of nitrogens with zero attached hydrogens (tertiary/aromatic N) is 1. The van der Waals surface area contributed by atoms with E-state index in [1.165, 1.54) is 6.42 Å². The molecule has 0 unspecified atom stereocenters. The summed E-state index contributed by atoms with van der Waals surface area (Å²) in [5.74, 6) is 0. The number of hydrogen-bond donors (Lipinski definition) is 0. The summed E-state index contributed by atoms with van der Waals surface area (Å²) in [4.78, 5) is 0. The van der Waals surface area contributed by atoms with Crippen LogP contribution in [-0.4, -0.2) is 6.54 Å². The van der Waals surface area contributed by atoms with E-state index in [0.717, 1.165) is 13.0 Å². The van der Waals surface area contributed by atoms with E-state index in [4.69, 9.17) is 0 Å². The highest BCUT2D eigenvalue weighted by Gasteiger charge is 1.97. The molecule has 0 amide bonds. The monoisotopic (exact) mass is 68.1 g/mol. The van der Waals surface area contributed by atoms with Crippen molar-refractivity contribution in [3.63, 3.8) is 0 Å². The van der Waals surface area contributed by atoms with Crippen LogP contribution in [0.1, 0.15) is 12.8 Å². The second kappa shape index (κ2) is 1.41. The summed E-state index contributed by atoms with van der Waals surface area (Å²) in [6, 6.07) is 0. The van der Waals surface area contributed by atoms with Crippen molar-refractivity contribution in [3.8, 4) is 0 Å². The van der Waals surface area contributed by atoms with Crippen molar-refractivity contribution < 1.29 is 0 Å². The molecule has 27 valence electrons. The van der Waals surface area contributed by atoms with Gasteiger partial charge in [-0.15, -0.1) is 0 Å². The zero-order valence-electron chi connectivity index (χ0n) is 3.07. The highest BCUT2D eigenvalue weighted by molar-refractivity contribution is 4.68. The fourth-order valence-corrected chi connectivity index (χ4v) is 0.395. The quantitative estimate of drug-likeness (QED) is 0.390. The zero-order chi connectivity index (χ0) is 3.54. The highest BCUT2D eigenvalue weighted by atomic mass is 14.9. The van der Waals surface area contributed by atoms with Crippen molar-refractivity contribution in [2.45, 2.75) is 12.8 Å². The van der Waals surface area contributed by atoms with Crippen LogP contribution in [0.4, 0.5) is 0 Å². The maximum atomic E-state index is 3.83. The summed E-state index contributed by atoms with van der Waals surface area (Å²) in [6.45, 7) is 3.86. The van der Waals surface area contributed by atoms with Crippen molar-refractivity contribution in [2.24, 2.45) is 0 Å². The summed E-state index contributed by atoms with van der Waals surface area (Å²) in [5.41, 5.74) is 0. The zero-order valence-corrected chi connectivity index (χ0v) is 3.07. The van der Waals surface area contributed by atoms with Crippen molar-refractivity contribution in [2.75, 3.05) is 6.54 Å². The van der Waals surface area contributed by atoms with Crippen LogP contribution in [0.5, 0.6) is 0 Å². The third-order valence-electron chi connectivity index (χ3n) is 0.670. The van der Waals surface area contributed by atoms with Gasteiger partial charge in [0.1, 0.15) is 0 Å². The van der Waals surface area contributed by atoms with Gasteiger partial charge in [-0.3, -0.25) is 0 Å². The topological polar surface area (TPSA) is 14.1 Å². The minimum Gasteiger partial charge on any atom is -0.231 e. The average molecular weight is 68.1 g/mol. The predicted molar refractivity (Wildman–Crippen MR) is 19.5 cm³/mol. The van der Waals surface area contributed by atoms with E-state index in [1.807, 2.05) is 0 Å². The molecule has 1 heterocycles. The summed E-state index contributed by atoms with van der Waals surface area (Å²) in [6.07, 6.45) is 2.31. The average Bonchev–Trinajstić information content (AvgIpc) is 1.76. The van der Waals surface area contributed by atoms with Gasteiger partial charge in [0.2, 0.25) is 0 Å². The van der Waals surface area contributed by atoms with E-state index < -0.39 is 0 Å². The van der Waals surface area contributed by atoms with Gasteiger partial charge in [-0.25, -0.2) is 5.32 Å². The first-order valence-electron chi connectivity index (χ1n) is 1.89. The van der Waals surface area contributed by atoms with Crippen molar-refractivity contribution in [1.82, 2.24) is 5.32 Å². The third-order valence-corrected chi connectivity index (χ3v) is 0.670. The Bertz CT molecular complexity index is 15.2. The van der Waals surface area contributed by atoms with Gasteiger partial charge in [0.15, 0.2) is 0 Å². The van der Waals surface area contributed by atoms with Crippen LogP contribution in [0, 0.1) is 6.54 Å². The summed E-state index contributed by atoms with van der Waals surface area (Å²) in [7, 11) is 0. The lowest BCUT2D eigenvalue weighted by Gasteiger charge is -1.70. The van der Waals surface area contributed by atoms with Crippen molar-refractivity contribution >= 4 is 0 Å².